The molecule has 18 heavy (non-hydrogen) atoms. The molecule has 0 saturated heterocycles. The van der Waals surface area contributed by atoms with Crippen molar-refractivity contribution in [3.8, 4) is 5.75 Å². The lowest BCUT2D eigenvalue weighted by Gasteiger charge is -2.13. The van der Waals surface area contributed by atoms with Gasteiger partial charge in [-0.05, 0) is 46.5 Å². The molecule has 0 bridgehead atoms. The third-order valence-corrected chi connectivity index (χ3v) is 3.37. The second-order valence-corrected chi connectivity index (χ2v) is 5.21. The van der Waals surface area contributed by atoms with Gasteiger partial charge in [-0.2, -0.15) is 0 Å². The lowest BCUT2D eigenvalue weighted by atomic mass is 10.0. The van der Waals surface area contributed by atoms with Crippen LogP contribution in [0, 0.1) is 5.92 Å². The highest BCUT2D eigenvalue weighted by Gasteiger charge is 2.15. The van der Waals surface area contributed by atoms with Crippen LogP contribution in [0.15, 0.2) is 34.8 Å². The number of benzene rings is 1. The minimum atomic E-state index is -0.796. The Hall–Kier alpha value is -1.29. The van der Waals surface area contributed by atoms with E-state index in [1.165, 1.54) is 0 Å². The summed E-state index contributed by atoms with van der Waals surface area (Å²) in [6.45, 7) is 7.81. The quantitative estimate of drug-likeness (QED) is 0.815. The molecule has 0 aliphatic rings. The molecule has 0 aromatic heterocycles. The zero-order valence-electron chi connectivity index (χ0n) is 10.6. The maximum absolute atomic E-state index is 10.9. The van der Waals surface area contributed by atoms with Crippen LogP contribution < -0.4 is 4.74 Å². The van der Waals surface area contributed by atoms with Gasteiger partial charge in [0.1, 0.15) is 12.4 Å². The SMILES string of the molecule is C=C(C)COc1cccc(CC(C)C(=O)O)c1Br. The summed E-state index contributed by atoms with van der Waals surface area (Å²) < 4.78 is 6.41. The Kier molecular flexibility index (Phi) is 5.41. The van der Waals surface area contributed by atoms with Gasteiger partial charge in [0.2, 0.25) is 0 Å². The third-order valence-electron chi connectivity index (χ3n) is 2.47. The van der Waals surface area contributed by atoms with E-state index >= 15 is 0 Å². The molecular formula is C14H17BrO3. The van der Waals surface area contributed by atoms with Crippen LogP contribution in [0.5, 0.6) is 5.75 Å². The Bertz CT molecular complexity index is 454. The van der Waals surface area contributed by atoms with E-state index in [1.807, 2.05) is 25.1 Å². The minimum Gasteiger partial charge on any atom is -0.488 e. The summed E-state index contributed by atoms with van der Waals surface area (Å²) in [4.78, 5) is 10.9. The number of hydrogen-bond donors (Lipinski definition) is 1. The molecule has 0 fully saturated rings. The smallest absolute Gasteiger partial charge is 0.306 e. The second-order valence-electron chi connectivity index (χ2n) is 4.42. The standard InChI is InChI=1S/C14H17BrO3/c1-9(2)8-18-12-6-4-5-11(13(12)15)7-10(3)14(16)17/h4-6,10H,1,7-8H2,2-3H3,(H,16,17). The van der Waals surface area contributed by atoms with Gasteiger partial charge >= 0.3 is 5.97 Å². The first-order valence-corrected chi connectivity index (χ1v) is 6.48. The molecule has 1 aromatic carbocycles. The van der Waals surface area contributed by atoms with Crippen LogP contribution >= 0.6 is 15.9 Å². The molecule has 1 aromatic rings. The van der Waals surface area contributed by atoms with Gasteiger partial charge in [-0.25, -0.2) is 0 Å². The number of carboxylic acid groups (broad SMARTS) is 1. The topological polar surface area (TPSA) is 46.5 Å². The molecule has 1 N–H and O–H groups in total. The van der Waals surface area contributed by atoms with Crippen LogP contribution in [-0.2, 0) is 11.2 Å². The molecule has 0 heterocycles. The van der Waals surface area contributed by atoms with E-state index in [2.05, 4.69) is 22.5 Å². The number of halogens is 1. The lowest BCUT2D eigenvalue weighted by Crippen LogP contribution is -2.12. The van der Waals surface area contributed by atoms with Crippen LogP contribution in [0.2, 0.25) is 0 Å². The van der Waals surface area contributed by atoms with Gasteiger partial charge in [0.05, 0.1) is 10.4 Å². The predicted molar refractivity (Wildman–Crippen MR) is 75.0 cm³/mol. The van der Waals surface area contributed by atoms with Crippen molar-refractivity contribution in [2.24, 2.45) is 5.92 Å². The maximum Gasteiger partial charge on any atom is 0.306 e. The molecule has 3 nitrogen and oxygen atoms in total. The average Bonchev–Trinajstić information content (AvgIpc) is 2.29. The van der Waals surface area contributed by atoms with Gasteiger partial charge in [0.25, 0.3) is 0 Å². The Morgan fingerprint density at radius 2 is 2.22 bits per heavy atom. The van der Waals surface area contributed by atoms with Crippen LogP contribution in [0.3, 0.4) is 0 Å². The van der Waals surface area contributed by atoms with Gasteiger partial charge in [-0.1, -0.05) is 25.6 Å². The predicted octanol–water partition coefficient (Wildman–Crippen LogP) is 3.67. The highest BCUT2D eigenvalue weighted by atomic mass is 79.9. The van der Waals surface area contributed by atoms with Crippen molar-refractivity contribution in [3.63, 3.8) is 0 Å². The molecule has 1 unspecified atom stereocenters. The molecule has 1 rings (SSSR count). The number of rotatable bonds is 6. The van der Waals surface area contributed by atoms with Crippen molar-refractivity contribution in [1.82, 2.24) is 0 Å². The molecule has 0 aliphatic heterocycles. The van der Waals surface area contributed by atoms with E-state index < -0.39 is 11.9 Å². The molecule has 4 heteroatoms. The third kappa shape index (κ3) is 4.18. The average molecular weight is 313 g/mol. The van der Waals surface area contributed by atoms with Crippen molar-refractivity contribution in [1.29, 1.82) is 0 Å². The van der Waals surface area contributed by atoms with E-state index in [1.54, 1.807) is 6.92 Å². The zero-order valence-corrected chi connectivity index (χ0v) is 12.2. The van der Waals surface area contributed by atoms with Crippen molar-refractivity contribution >= 4 is 21.9 Å². The second kappa shape index (κ2) is 6.59. The first kappa shape index (κ1) is 14.8. The number of carbonyl (C=O) groups is 1. The number of carboxylic acids is 1. The van der Waals surface area contributed by atoms with Crippen molar-refractivity contribution in [2.45, 2.75) is 20.3 Å². The number of hydrogen-bond acceptors (Lipinski definition) is 2. The van der Waals surface area contributed by atoms with Crippen LogP contribution in [0.4, 0.5) is 0 Å². The molecule has 0 amide bonds. The fourth-order valence-corrected chi connectivity index (χ4v) is 1.98. The minimum absolute atomic E-state index is 0.419. The van der Waals surface area contributed by atoms with Crippen molar-refractivity contribution in [2.75, 3.05) is 6.61 Å². The summed E-state index contributed by atoms with van der Waals surface area (Å²) in [6, 6.07) is 5.61. The molecule has 1 atom stereocenters. The normalized spacial score (nSPS) is 11.9. The number of ether oxygens (including phenoxy) is 1. The highest BCUT2D eigenvalue weighted by Crippen LogP contribution is 2.30. The van der Waals surface area contributed by atoms with Crippen LogP contribution in [0.1, 0.15) is 19.4 Å². The largest absolute Gasteiger partial charge is 0.488 e. The summed E-state index contributed by atoms with van der Waals surface area (Å²) >= 11 is 3.46. The fraction of sp³-hybridized carbons (Fsp3) is 0.357. The monoisotopic (exact) mass is 312 g/mol. The Balaban J connectivity index is 2.84. The molecule has 0 spiro atoms. The van der Waals surface area contributed by atoms with Gasteiger partial charge in [0.15, 0.2) is 0 Å². The molecule has 0 aliphatic carbocycles. The summed E-state index contributed by atoms with van der Waals surface area (Å²) in [7, 11) is 0. The van der Waals surface area contributed by atoms with Crippen molar-refractivity contribution < 1.29 is 14.6 Å². The molecular weight excluding hydrogens is 296 g/mol. The van der Waals surface area contributed by atoms with Crippen LogP contribution in [0.25, 0.3) is 0 Å². The summed E-state index contributed by atoms with van der Waals surface area (Å²) in [5.41, 5.74) is 1.87. The lowest BCUT2D eigenvalue weighted by molar-refractivity contribution is -0.141. The number of aliphatic carboxylic acids is 1. The zero-order chi connectivity index (χ0) is 13.7. The van der Waals surface area contributed by atoms with Gasteiger partial charge in [-0.3, -0.25) is 4.79 Å². The Morgan fingerprint density at radius 1 is 1.56 bits per heavy atom. The van der Waals surface area contributed by atoms with E-state index in [4.69, 9.17) is 9.84 Å². The van der Waals surface area contributed by atoms with Gasteiger partial charge in [0, 0.05) is 0 Å². The highest BCUT2D eigenvalue weighted by molar-refractivity contribution is 9.10. The first-order chi connectivity index (χ1) is 8.41. The summed E-state index contributed by atoms with van der Waals surface area (Å²) in [6.07, 6.45) is 0.472. The Morgan fingerprint density at radius 3 is 2.78 bits per heavy atom. The fourth-order valence-electron chi connectivity index (χ4n) is 1.44. The Labute approximate surface area is 116 Å². The van der Waals surface area contributed by atoms with E-state index in [9.17, 15) is 4.79 Å². The van der Waals surface area contributed by atoms with E-state index in [0.29, 0.717) is 18.8 Å². The molecule has 98 valence electrons. The molecule has 0 radical (unpaired) electrons. The van der Waals surface area contributed by atoms with E-state index in [-0.39, 0.29) is 0 Å². The van der Waals surface area contributed by atoms with Crippen molar-refractivity contribution in [3.05, 3.63) is 40.4 Å². The van der Waals surface area contributed by atoms with E-state index in [0.717, 1.165) is 15.6 Å². The first-order valence-electron chi connectivity index (χ1n) is 5.69. The van der Waals surface area contributed by atoms with Gasteiger partial charge in [-0.15, -0.1) is 0 Å². The van der Waals surface area contributed by atoms with Gasteiger partial charge < -0.3 is 9.84 Å². The van der Waals surface area contributed by atoms with Crippen LogP contribution in [-0.4, -0.2) is 17.7 Å². The maximum atomic E-state index is 10.9. The molecule has 0 saturated carbocycles. The summed E-state index contributed by atoms with van der Waals surface area (Å²) in [5, 5.41) is 8.92. The summed E-state index contributed by atoms with van der Waals surface area (Å²) in [5.74, 6) is -0.499.